The zero-order chi connectivity index (χ0) is 23.7. The largest absolute Gasteiger partial charge is 0.508 e. The molecule has 1 unspecified atom stereocenters. The molecular weight excluding hydrogens is 416 g/mol. The quantitative estimate of drug-likeness (QED) is 0.184. The first kappa shape index (κ1) is 27.1. The van der Waals surface area contributed by atoms with E-state index in [1.807, 2.05) is 36.4 Å². The summed E-state index contributed by atoms with van der Waals surface area (Å²) >= 11 is 0. The van der Waals surface area contributed by atoms with Crippen LogP contribution in [0.25, 0.3) is 0 Å². The topological polar surface area (TPSA) is 83.0 Å². The molecule has 4 N–H and O–H groups in total. The van der Waals surface area contributed by atoms with Gasteiger partial charge in [0.15, 0.2) is 6.29 Å². The number of phenolic OH excluding ortho intramolecular Hbond substituents is 2. The molecule has 0 fully saturated rings. The van der Waals surface area contributed by atoms with Gasteiger partial charge in [-0.2, -0.15) is 0 Å². The third kappa shape index (κ3) is 10.6. The molecule has 0 aliphatic carbocycles. The first-order chi connectivity index (χ1) is 16.2. The van der Waals surface area contributed by atoms with Crippen molar-refractivity contribution in [3.8, 4) is 11.5 Å². The van der Waals surface area contributed by atoms with Crippen LogP contribution in [-0.2, 0) is 22.6 Å². The third-order valence-electron chi connectivity index (χ3n) is 5.61. The van der Waals surface area contributed by atoms with Crippen LogP contribution in [0.3, 0.4) is 0 Å². The standard InChI is InChI=1S/C27H42N2O4/c1-3-5-11-17-32-27(33-18-12-6-4-2)24(29-20-23-14-8-10-16-26(23)31)21-28-19-22-13-7-9-15-25(22)30/h7-10,13-16,24,27-31H,3-6,11-12,17-21H2,1-2H3. The van der Waals surface area contributed by atoms with E-state index in [9.17, 15) is 10.2 Å². The van der Waals surface area contributed by atoms with E-state index >= 15 is 0 Å². The van der Waals surface area contributed by atoms with Gasteiger partial charge >= 0.3 is 0 Å². The Balaban J connectivity index is 2.04. The zero-order valence-corrected chi connectivity index (χ0v) is 20.3. The smallest absolute Gasteiger partial charge is 0.173 e. The van der Waals surface area contributed by atoms with Gasteiger partial charge in [-0.3, -0.25) is 0 Å². The van der Waals surface area contributed by atoms with Crippen molar-refractivity contribution in [1.29, 1.82) is 0 Å². The van der Waals surface area contributed by atoms with E-state index in [2.05, 4.69) is 24.5 Å². The molecule has 0 aromatic heterocycles. The molecule has 2 rings (SSSR count). The summed E-state index contributed by atoms with van der Waals surface area (Å²) in [5.41, 5.74) is 1.68. The van der Waals surface area contributed by atoms with Gasteiger partial charge in [-0.05, 0) is 25.0 Å². The van der Waals surface area contributed by atoms with E-state index in [1.54, 1.807) is 12.1 Å². The Morgan fingerprint density at radius 3 is 1.76 bits per heavy atom. The monoisotopic (exact) mass is 458 g/mol. The number of phenols is 2. The zero-order valence-electron chi connectivity index (χ0n) is 20.3. The molecule has 184 valence electrons. The minimum absolute atomic E-state index is 0.126. The second-order valence-electron chi connectivity index (χ2n) is 8.40. The second kappa shape index (κ2) is 16.5. The molecule has 6 heteroatoms. The number of para-hydroxylation sites is 2. The number of hydrogen-bond acceptors (Lipinski definition) is 6. The molecule has 0 aliphatic heterocycles. The molecule has 0 saturated carbocycles. The number of aromatic hydroxyl groups is 2. The first-order valence-corrected chi connectivity index (χ1v) is 12.4. The van der Waals surface area contributed by atoms with Crippen LogP contribution in [0.15, 0.2) is 48.5 Å². The molecule has 0 radical (unpaired) electrons. The molecule has 2 aromatic carbocycles. The molecule has 0 amide bonds. The van der Waals surface area contributed by atoms with Crippen molar-refractivity contribution in [2.24, 2.45) is 0 Å². The average molecular weight is 459 g/mol. The highest BCUT2D eigenvalue weighted by molar-refractivity contribution is 5.32. The van der Waals surface area contributed by atoms with Crippen molar-refractivity contribution in [2.75, 3.05) is 19.8 Å². The number of benzene rings is 2. The maximum Gasteiger partial charge on any atom is 0.173 e. The van der Waals surface area contributed by atoms with Crippen LogP contribution in [0.1, 0.15) is 63.5 Å². The van der Waals surface area contributed by atoms with Crippen molar-refractivity contribution in [3.05, 3.63) is 59.7 Å². The number of nitrogens with one attached hydrogen (secondary N) is 2. The number of unbranched alkanes of at least 4 members (excludes halogenated alkanes) is 4. The molecule has 33 heavy (non-hydrogen) atoms. The molecule has 0 aliphatic rings. The summed E-state index contributed by atoms with van der Waals surface area (Å²) in [6.07, 6.45) is 6.14. The minimum atomic E-state index is -0.401. The number of rotatable bonds is 18. The maximum absolute atomic E-state index is 10.2. The normalized spacial score (nSPS) is 12.3. The van der Waals surface area contributed by atoms with Gasteiger partial charge in [0.2, 0.25) is 0 Å². The van der Waals surface area contributed by atoms with Gasteiger partial charge in [0.25, 0.3) is 0 Å². The molecule has 0 heterocycles. The Labute approximate surface area is 199 Å². The molecule has 0 saturated heterocycles. The molecule has 0 spiro atoms. The van der Waals surface area contributed by atoms with Crippen LogP contribution >= 0.6 is 0 Å². The Morgan fingerprint density at radius 1 is 0.727 bits per heavy atom. The fraction of sp³-hybridized carbons (Fsp3) is 0.556. The van der Waals surface area contributed by atoms with Crippen LogP contribution in [0.5, 0.6) is 11.5 Å². The van der Waals surface area contributed by atoms with Gasteiger partial charge in [-0.1, -0.05) is 75.9 Å². The SMILES string of the molecule is CCCCCOC(OCCCCC)C(CNCc1ccccc1O)NCc1ccccc1O. The fourth-order valence-corrected chi connectivity index (χ4v) is 3.57. The van der Waals surface area contributed by atoms with Crippen LogP contribution < -0.4 is 10.6 Å². The van der Waals surface area contributed by atoms with E-state index in [4.69, 9.17) is 9.47 Å². The van der Waals surface area contributed by atoms with Crippen molar-refractivity contribution in [3.63, 3.8) is 0 Å². The lowest BCUT2D eigenvalue weighted by atomic mass is 10.1. The lowest BCUT2D eigenvalue weighted by Gasteiger charge is -2.29. The van der Waals surface area contributed by atoms with Gasteiger partial charge in [0.05, 0.1) is 6.04 Å². The molecule has 1 atom stereocenters. The van der Waals surface area contributed by atoms with Crippen LogP contribution in [0, 0.1) is 0 Å². The molecule has 6 nitrogen and oxygen atoms in total. The van der Waals surface area contributed by atoms with Gasteiger partial charge in [0, 0.05) is 44.0 Å². The lowest BCUT2D eigenvalue weighted by Crippen LogP contribution is -2.49. The summed E-state index contributed by atoms with van der Waals surface area (Å²) in [6, 6.07) is 14.6. The fourth-order valence-electron chi connectivity index (χ4n) is 3.57. The van der Waals surface area contributed by atoms with Crippen molar-refractivity contribution in [1.82, 2.24) is 10.6 Å². The van der Waals surface area contributed by atoms with Crippen LogP contribution in [-0.4, -0.2) is 42.3 Å². The van der Waals surface area contributed by atoms with Gasteiger partial charge < -0.3 is 30.3 Å². The summed E-state index contributed by atoms with van der Waals surface area (Å²) in [6.45, 7) is 7.30. The molecular formula is C27H42N2O4. The Morgan fingerprint density at radius 2 is 1.24 bits per heavy atom. The Kier molecular flexibility index (Phi) is 13.6. The maximum atomic E-state index is 10.2. The average Bonchev–Trinajstić information content (AvgIpc) is 2.82. The van der Waals surface area contributed by atoms with Crippen molar-refractivity contribution in [2.45, 2.75) is 77.8 Å². The van der Waals surface area contributed by atoms with E-state index in [0.717, 1.165) is 49.7 Å². The van der Waals surface area contributed by atoms with Gasteiger partial charge in [0.1, 0.15) is 11.5 Å². The highest BCUT2D eigenvalue weighted by atomic mass is 16.7. The van der Waals surface area contributed by atoms with E-state index < -0.39 is 6.29 Å². The van der Waals surface area contributed by atoms with Crippen LogP contribution in [0.2, 0.25) is 0 Å². The number of hydrogen-bond donors (Lipinski definition) is 4. The third-order valence-corrected chi connectivity index (χ3v) is 5.61. The van der Waals surface area contributed by atoms with Gasteiger partial charge in [-0.15, -0.1) is 0 Å². The minimum Gasteiger partial charge on any atom is -0.508 e. The van der Waals surface area contributed by atoms with Crippen molar-refractivity contribution >= 4 is 0 Å². The highest BCUT2D eigenvalue weighted by Crippen LogP contribution is 2.17. The highest BCUT2D eigenvalue weighted by Gasteiger charge is 2.23. The first-order valence-electron chi connectivity index (χ1n) is 12.4. The van der Waals surface area contributed by atoms with Crippen LogP contribution in [0.4, 0.5) is 0 Å². The van der Waals surface area contributed by atoms with Crippen molar-refractivity contribution < 1.29 is 19.7 Å². The summed E-state index contributed by atoms with van der Waals surface area (Å²) in [5.74, 6) is 0.557. The lowest BCUT2D eigenvalue weighted by molar-refractivity contribution is -0.160. The summed E-state index contributed by atoms with van der Waals surface area (Å²) in [5, 5.41) is 27.2. The predicted octanol–water partition coefficient (Wildman–Crippen LogP) is 5.09. The second-order valence-corrected chi connectivity index (χ2v) is 8.40. The number of ether oxygens (including phenoxy) is 2. The summed E-state index contributed by atoms with van der Waals surface area (Å²) in [4.78, 5) is 0. The predicted molar refractivity (Wildman–Crippen MR) is 133 cm³/mol. The Hall–Kier alpha value is -2.12. The summed E-state index contributed by atoms with van der Waals surface area (Å²) < 4.78 is 12.4. The Bertz CT molecular complexity index is 759. The summed E-state index contributed by atoms with van der Waals surface area (Å²) in [7, 11) is 0. The van der Waals surface area contributed by atoms with E-state index in [0.29, 0.717) is 32.8 Å². The molecule has 0 bridgehead atoms. The van der Waals surface area contributed by atoms with E-state index in [-0.39, 0.29) is 17.5 Å². The van der Waals surface area contributed by atoms with Gasteiger partial charge in [-0.25, -0.2) is 0 Å². The van der Waals surface area contributed by atoms with E-state index in [1.165, 1.54) is 0 Å². The molecule has 2 aromatic rings.